The van der Waals surface area contributed by atoms with Crippen molar-refractivity contribution in [2.45, 2.75) is 20.8 Å². The van der Waals surface area contributed by atoms with E-state index in [1.54, 1.807) is 20.8 Å². The lowest BCUT2D eigenvalue weighted by Crippen LogP contribution is -2.24. The molecule has 0 radical (unpaired) electrons. The van der Waals surface area contributed by atoms with Crippen LogP contribution in [-0.4, -0.2) is 7.32 Å². The summed E-state index contributed by atoms with van der Waals surface area (Å²) in [5.74, 6) is 1.52. The van der Waals surface area contributed by atoms with Crippen molar-refractivity contribution < 1.29 is 14.0 Å². The van der Waals surface area contributed by atoms with Gasteiger partial charge in [0, 0.05) is 0 Å². The van der Waals surface area contributed by atoms with Crippen LogP contribution in [0.1, 0.15) is 20.8 Å². The fraction of sp³-hybridized carbons (Fsp3) is 0.333. The molecule has 0 fully saturated rings. The van der Waals surface area contributed by atoms with Gasteiger partial charge in [0.1, 0.15) is 0 Å². The van der Waals surface area contributed by atoms with Crippen LogP contribution >= 0.6 is 0 Å². The average molecular weight is 182 g/mol. The van der Waals surface area contributed by atoms with Crippen molar-refractivity contribution in [2.24, 2.45) is 0 Å². The number of hydrogen-bond acceptors (Lipinski definition) is 3. The lowest BCUT2D eigenvalue weighted by atomic mass is 10.2. The molecule has 0 aliphatic carbocycles. The van der Waals surface area contributed by atoms with Crippen LogP contribution in [0.15, 0.2) is 37.0 Å². The van der Waals surface area contributed by atoms with Crippen LogP contribution in [0.4, 0.5) is 0 Å². The van der Waals surface area contributed by atoms with Gasteiger partial charge in [-0.05, 0) is 20.8 Å². The molecule has 0 N–H and O–H groups in total. The largest absolute Gasteiger partial charge is 0.863 e. The third kappa shape index (κ3) is 7.06. The number of allylic oxidation sites excluding steroid dienone is 3. The first-order valence-electron chi connectivity index (χ1n) is 3.88. The summed E-state index contributed by atoms with van der Waals surface area (Å²) in [6.45, 7) is 15.8. The van der Waals surface area contributed by atoms with E-state index in [0.717, 1.165) is 0 Å². The third-order valence-corrected chi connectivity index (χ3v) is 0.892. The van der Waals surface area contributed by atoms with Gasteiger partial charge in [-0.3, -0.25) is 0 Å². The first-order chi connectivity index (χ1) is 5.91. The maximum Gasteiger partial charge on any atom is 0.863 e. The van der Waals surface area contributed by atoms with Crippen molar-refractivity contribution in [3.8, 4) is 0 Å². The molecule has 13 heavy (non-hydrogen) atoms. The molecule has 0 spiro atoms. The number of rotatable bonds is 6. The van der Waals surface area contributed by atoms with Crippen LogP contribution in [-0.2, 0) is 14.0 Å². The van der Waals surface area contributed by atoms with Gasteiger partial charge in [-0.1, -0.05) is 19.7 Å². The van der Waals surface area contributed by atoms with Crippen molar-refractivity contribution in [1.29, 1.82) is 0 Å². The predicted molar refractivity (Wildman–Crippen MR) is 53.5 cm³/mol. The van der Waals surface area contributed by atoms with E-state index in [4.69, 9.17) is 14.0 Å². The molecular weight excluding hydrogens is 167 g/mol. The minimum absolute atomic E-state index is 0.507. The summed E-state index contributed by atoms with van der Waals surface area (Å²) in [5.41, 5.74) is 0. The van der Waals surface area contributed by atoms with Gasteiger partial charge in [0.2, 0.25) is 0 Å². The van der Waals surface area contributed by atoms with E-state index >= 15 is 0 Å². The van der Waals surface area contributed by atoms with Crippen molar-refractivity contribution >= 4 is 7.32 Å². The molecule has 0 amide bonds. The molecule has 0 aliphatic rings. The Kier molecular flexibility index (Phi) is 4.81. The smallest absolute Gasteiger partial charge is 0.494 e. The fourth-order valence-electron chi connectivity index (χ4n) is 0.565. The summed E-state index contributed by atoms with van der Waals surface area (Å²) >= 11 is 0. The quantitative estimate of drug-likeness (QED) is 0.466. The van der Waals surface area contributed by atoms with E-state index < -0.39 is 7.32 Å². The molecular formula is C9H15BO3. The van der Waals surface area contributed by atoms with Crippen molar-refractivity contribution in [3.05, 3.63) is 37.0 Å². The molecule has 0 aromatic rings. The molecule has 0 rings (SSSR count). The van der Waals surface area contributed by atoms with Gasteiger partial charge in [0.15, 0.2) is 0 Å². The Bertz CT molecular complexity index is 185. The summed E-state index contributed by atoms with van der Waals surface area (Å²) in [6.07, 6.45) is 0. The zero-order valence-electron chi connectivity index (χ0n) is 8.42. The molecule has 0 aromatic carbocycles. The lowest BCUT2D eigenvalue weighted by molar-refractivity contribution is 0.184. The highest BCUT2D eigenvalue weighted by molar-refractivity contribution is 6.37. The average Bonchev–Trinajstić information content (AvgIpc) is 1.80. The summed E-state index contributed by atoms with van der Waals surface area (Å²) in [6, 6.07) is 0. The molecule has 0 aliphatic heterocycles. The fourth-order valence-corrected chi connectivity index (χ4v) is 0.565. The Morgan fingerprint density at radius 3 is 1.15 bits per heavy atom. The highest BCUT2D eigenvalue weighted by Gasteiger charge is 2.28. The van der Waals surface area contributed by atoms with Gasteiger partial charge in [-0.25, -0.2) is 0 Å². The Morgan fingerprint density at radius 1 is 0.769 bits per heavy atom. The Balaban J connectivity index is 4.10. The molecule has 0 heterocycles. The summed E-state index contributed by atoms with van der Waals surface area (Å²) in [5, 5.41) is 0. The van der Waals surface area contributed by atoms with E-state index in [1.165, 1.54) is 0 Å². The van der Waals surface area contributed by atoms with E-state index in [2.05, 4.69) is 19.7 Å². The first-order valence-corrected chi connectivity index (χ1v) is 3.88. The van der Waals surface area contributed by atoms with Gasteiger partial charge in [-0.15, -0.1) is 0 Å². The zero-order chi connectivity index (χ0) is 10.4. The zero-order valence-corrected chi connectivity index (χ0v) is 8.42. The number of hydrogen-bond donors (Lipinski definition) is 0. The van der Waals surface area contributed by atoms with Crippen LogP contribution in [0.2, 0.25) is 0 Å². The molecule has 4 heteroatoms. The minimum Gasteiger partial charge on any atom is -0.494 e. The minimum atomic E-state index is -0.840. The van der Waals surface area contributed by atoms with E-state index in [-0.39, 0.29) is 0 Å². The highest BCUT2D eigenvalue weighted by Crippen LogP contribution is 2.07. The first kappa shape index (κ1) is 11.7. The lowest BCUT2D eigenvalue weighted by Gasteiger charge is -2.15. The second kappa shape index (κ2) is 5.35. The van der Waals surface area contributed by atoms with Crippen LogP contribution in [0, 0.1) is 0 Å². The molecule has 0 aromatic heterocycles. The third-order valence-electron chi connectivity index (χ3n) is 0.892. The van der Waals surface area contributed by atoms with Gasteiger partial charge < -0.3 is 14.0 Å². The van der Waals surface area contributed by atoms with Crippen LogP contribution < -0.4 is 0 Å². The van der Waals surface area contributed by atoms with Crippen molar-refractivity contribution in [1.82, 2.24) is 0 Å². The monoisotopic (exact) mass is 182 g/mol. The van der Waals surface area contributed by atoms with Gasteiger partial charge in [0.05, 0.1) is 17.3 Å². The molecule has 0 atom stereocenters. The predicted octanol–water partition coefficient (Wildman–Crippen LogP) is 2.62. The molecule has 0 saturated carbocycles. The van der Waals surface area contributed by atoms with E-state index in [0.29, 0.717) is 17.3 Å². The SMILES string of the molecule is C=C(C)OB(OC(=C)C)OC(=C)C. The van der Waals surface area contributed by atoms with Crippen molar-refractivity contribution in [2.75, 3.05) is 0 Å². The second-order valence-corrected chi connectivity index (χ2v) is 2.75. The van der Waals surface area contributed by atoms with Gasteiger partial charge in [-0.2, -0.15) is 0 Å². The second-order valence-electron chi connectivity index (χ2n) is 2.75. The van der Waals surface area contributed by atoms with E-state index in [1.807, 2.05) is 0 Å². The summed E-state index contributed by atoms with van der Waals surface area (Å²) in [4.78, 5) is 0. The molecule has 0 unspecified atom stereocenters. The summed E-state index contributed by atoms with van der Waals surface area (Å²) in [7, 11) is -0.840. The van der Waals surface area contributed by atoms with Gasteiger partial charge in [0.25, 0.3) is 0 Å². The molecule has 0 saturated heterocycles. The maximum absolute atomic E-state index is 5.11. The molecule has 0 bridgehead atoms. The van der Waals surface area contributed by atoms with Gasteiger partial charge >= 0.3 is 7.32 Å². The topological polar surface area (TPSA) is 27.7 Å². The molecule has 3 nitrogen and oxygen atoms in total. The van der Waals surface area contributed by atoms with Crippen LogP contribution in [0.5, 0.6) is 0 Å². The normalized spacial score (nSPS) is 8.54. The Morgan fingerprint density at radius 2 is 1.00 bits per heavy atom. The van der Waals surface area contributed by atoms with Crippen molar-refractivity contribution in [3.63, 3.8) is 0 Å². The van der Waals surface area contributed by atoms with E-state index in [9.17, 15) is 0 Å². The maximum atomic E-state index is 5.11. The summed E-state index contributed by atoms with van der Waals surface area (Å²) < 4.78 is 15.3. The standard InChI is InChI=1S/C9H15BO3/c1-7(2)11-10(12-8(3)4)13-9(5)6/h1,3,5H2,2,4,6H3. The Hall–Kier alpha value is -1.32. The highest BCUT2D eigenvalue weighted by atomic mass is 16.7. The van der Waals surface area contributed by atoms with Crippen LogP contribution in [0.3, 0.4) is 0 Å². The Labute approximate surface area is 79.9 Å². The molecule has 72 valence electrons. The van der Waals surface area contributed by atoms with Crippen LogP contribution in [0.25, 0.3) is 0 Å².